The fourth-order valence-electron chi connectivity index (χ4n) is 2.08. The molecule has 0 heterocycles. The first-order valence-electron chi connectivity index (χ1n) is 7.19. The Balaban J connectivity index is 4.22. The van der Waals surface area contributed by atoms with Crippen molar-refractivity contribution in [1.82, 2.24) is 5.32 Å². The largest absolute Gasteiger partial charge is 0.396 e. The molecule has 2 N–H and O–H groups in total. The molecule has 104 valence electrons. The molecule has 0 bridgehead atoms. The third-order valence-corrected chi connectivity index (χ3v) is 4.76. The first-order chi connectivity index (χ1) is 8.19. The molecule has 0 saturated carbocycles. The van der Waals surface area contributed by atoms with Crippen LogP contribution in [0.1, 0.15) is 59.8 Å². The van der Waals surface area contributed by atoms with E-state index >= 15 is 0 Å². The summed E-state index contributed by atoms with van der Waals surface area (Å²) in [6.07, 6.45) is 5.83. The molecule has 0 amide bonds. The summed E-state index contributed by atoms with van der Waals surface area (Å²) >= 11 is 2.05. The number of thioether (sulfide) groups is 1. The van der Waals surface area contributed by atoms with Gasteiger partial charge in [-0.05, 0) is 32.2 Å². The molecule has 0 aliphatic heterocycles. The van der Waals surface area contributed by atoms with Crippen molar-refractivity contribution >= 4 is 11.8 Å². The van der Waals surface area contributed by atoms with E-state index in [2.05, 4.69) is 33.0 Å². The minimum absolute atomic E-state index is 0.311. The van der Waals surface area contributed by atoms with Gasteiger partial charge in [0, 0.05) is 23.1 Å². The molecule has 0 radical (unpaired) electrons. The molecule has 0 saturated heterocycles. The molecule has 3 atom stereocenters. The van der Waals surface area contributed by atoms with Gasteiger partial charge < -0.3 is 10.4 Å². The molecule has 3 unspecified atom stereocenters. The summed E-state index contributed by atoms with van der Waals surface area (Å²) in [5.74, 6) is 0. The minimum Gasteiger partial charge on any atom is -0.396 e. The summed E-state index contributed by atoms with van der Waals surface area (Å²) in [5.41, 5.74) is 0. The van der Waals surface area contributed by atoms with Crippen LogP contribution in [0, 0.1) is 0 Å². The van der Waals surface area contributed by atoms with Crippen LogP contribution >= 0.6 is 11.8 Å². The van der Waals surface area contributed by atoms with Gasteiger partial charge in [-0.15, -0.1) is 0 Å². The Morgan fingerprint density at radius 3 is 2.29 bits per heavy atom. The molecular formula is C14H31NOS. The average molecular weight is 261 g/mol. The van der Waals surface area contributed by atoms with Gasteiger partial charge in [0.1, 0.15) is 0 Å². The minimum atomic E-state index is 0.311. The first-order valence-corrected chi connectivity index (χ1v) is 8.13. The lowest BCUT2D eigenvalue weighted by Gasteiger charge is -2.29. The molecule has 0 rings (SSSR count). The fraction of sp³-hybridized carbons (Fsp3) is 1.00. The monoisotopic (exact) mass is 261 g/mol. The van der Waals surface area contributed by atoms with E-state index in [-0.39, 0.29) is 0 Å². The van der Waals surface area contributed by atoms with Crippen LogP contribution in [0.25, 0.3) is 0 Å². The summed E-state index contributed by atoms with van der Waals surface area (Å²) in [4.78, 5) is 0. The van der Waals surface area contributed by atoms with E-state index in [1.54, 1.807) is 0 Å². The van der Waals surface area contributed by atoms with Crippen molar-refractivity contribution < 1.29 is 5.11 Å². The topological polar surface area (TPSA) is 32.3 Å². The number of hydrogen-bond donors (Lipinski definition) is 2. The van der Waals surface area contributed by atoms with E-state index in [4.69, 9.17) is 5.11 Å². The smallest absolute Gasteiger partial charge is 0.0441 e. The van der Waals surface area contributed by atoms with Crippen molar-refractivity contribution in [3.05, 3.63) is 0 Å². The highest BCUT2D eigenvalue weighted by molar-refractivity contribution is 8.00. The molecule has 17 heavy (non-hydrogen) atoms. The van der Waals surface area contributed by atoms with Gasteiger partial charge in [-0.1, -0.05) is 34.1 Å². The highest BCUT2D eigenvalue weighted by atomic mass is 32.2. The van der Waals surface area contributed by atoms with Crippen LogP contribution in [0.2, 0.25) is 0 Å². The second-order valence-electron chi connectivity index (χ2n) is 4.75. The van der Waals surface area contributed by atoms with Gasteiger partial charge in [0.15, 0.2) is 0 Å². The van der Waals surface area contributed by atoms with Crippen LogP contribution in [0.5, 0.6) is 0 Å². The Bertz CT molecular complexity index is 166. The van der Waals surface area contributed by atoms with Crippen LogP contribution in [0.3, 0.4) is 0 Å². The van der Waals surface area contributed by atoms with Crippen LogP contribution in [-0.2, 0) is 0 Å². The highest BCUT2D eigenvalue weighted by Gasteiger charge is 2.21. The highest BCUT2D eigenvalue weighted by Crippen LogP contribution is 2.27. The Labute approximate surface area is 112 Å². The molecule has 0 aromatic rings. The molecule has 0 fully saturated rings. The van der Waals surface area contributed by atoms with Crippen molar-refractivity contribution in [2.45, 2.75) is 76.3 Å². The molecule has 0 aliphatic carbocycles. The Morgan fingerprint density at radius 2 is 1.82 bits per heavy atom. The van der Waals surface area contributed by atoms with Crippen LogP contribution in [-0.4, -0.2) is 34.8 Å². The summed E-state index contributed by atoms with van der Waals surface area (Å²) in [5, 5.41) is 13.9. The van der Waals surface area contributed by atoms with E-state index < -0.39 is 0 Å². The zero-order valence-electron chi connectivity index (χ0n) is 12.0. The van der Waals surface area contributed by atoms with Crippen molar-refractivity contribution in [1.29, 1.82) is 0 Å². The van der Waals surface area contributed by atoms with Crippen LogP contribution in [0.4, 0.5) is 0 Å². The second kappa shape index (κ2) is 11.4. The van der Waals surface area contributed by atoms with Crippen LogP contribution in [0.15, 0.2) is 0 Å². The van der Waals surface area contributed by atoms with Crippen molar-refractivity contribution in [2.75, 3.05) is 13.2 Å². The number of nitrogens with one attached hydrogen (secondary N) is 1. The SMILES string of the molecule is CCCNC(CCC)C(CC)SC(C)CCO. The van der Waals surface area contributed by atoms with Gasteiger partial charge in [0.2, 0.25) is 0 Å². The summed E-state index contributed by atoms with van der Waals surface area (Å²) in [7, 11) is 0. The van der Waals surface area contributed by atoms with Gasteiger partial charge >= 0.3 is 0 Å². The Morgan fingerprint density at radius 1 is 1.12 bits per heavy atom. The molecular weight excluding hydrogens is 230 g/mol. The quantitative estimate of drug-likeness (QED) is 0.597. The zero-order valence-corrected chi connectivity index (χ0v) is 12.9. The second-order valence-corrected chi connectivity index (χ2v) is 6.44. The lowest BCUT2D eigenvalue weighted by atomic mass is 10.1. The van der Waals surface area contributed by atoms with E-state index in [1.807, 2.05) is 11.8 Å². The van der Waals surface area contributed by atoms with E-state index in [0.717, 1.165) is 13.0 Å². The molecule has 0 aliphatic rings. The number of hydrogen-bond acceptors (Lipinski definition) is 3. The standard InChI is InChI=1S/C14H31NOS/c1-5-8-13(15-10-6-2)14(7-3)17-12(4)9-11-16/h12-16H,5-11H2,1-4H3. The van der Waals surface area contributed by atoms with E-state index in [1.165, 1.54) is 25.7 Å². The third kappa shape index (κ3) is 8.06. The number of rotatable bonds is 11. The molecule has 3 heteroatoms. The predicted octanol–water partition coefficient (Wildman–Crippen LogP) is 3.44. The molecule has 0 aromatic carbocycles. The van der Waals surface area contributed by atoms with Crippen molar-refractivity contribution in [2.24, 2.45) is 0 Å². The van der Waals surface area contributed by atoms with E-state index in [0.29, 0.717) is 23.1 Å². The van der Waals surface area contributed by atoms with Crippen LogP contribution < -0.4 is 5.32 Å². The van der Waals surface area contributed by atoms with Gasteiger partial charge in [-0.25, -0.2) is 0 Å². The summed E-state index contributed by atoms with van der Waals surface area (Å²) < 4.78 is 0. The maximum Gasteiger partial charge on any atom is 0.0441 e. The van der Waals surface area contributed by atoms with Gasteiger partial charge in [-0.3, -0.25) is 0 Å². The molecule has 0 spiro atoms. The van der Waals surface area contributed by atoms with Crippen molar-refractivity contribution in [3.8, 4) is 0 Å². The average Bonchev–Trinajstić information content (AvgIpc) is 2.32. The maximum atomic E-state index is 8.98. The van der Waals surface area contributed by atoms with Crippen molar-refractivity contribution in [3.63, 3.8) is 0 Å². The number of aliphatic hydroxyl groups excluding tert-OH is 1. The lowest BCUT2D eigenvalue weighted by Crippen LogP contribution is -2.39. The normalized spacial score (nSPS) is 16.8. The van der Waals surface area contributed by atoms with E-state index in [9.17, 15) is 0 Å². The third-order valence-electron chi connectivity index (χ3n) is 3.05. The first kappa shape index (κ1) is 17.3. The Hall–Kier alpha value is 0.270. The molecule has 0 aromatic heterocycles. The summed E-state index contributed by atoms with van der Waals surface area (Å²) in [6, 6.07) is 0.635. The zero-order chi connectivity index (χ0) is 13.1. The number of aliphatic hydroxyl groups is 1. The van der Waals surface area contributed by atoms with Gasteiger partial charge in [0.25, 0.3) is 0 Å². The maximum absolute atomic E-state index is 8.98. The summed E-state index contributed by atoms with van der Waals surface area (Å²) in [6.45, 7) is 10.4. The lowest BCUT2D eigenvalue weighted by molar-refractivity contribution is 0.288. The Kier molecular flexibility index (Phi) is 11.5. The fourth-order valence-corrected chi connectivity index (χ4v) is 3.54. The molecule has 2 nitrogen and oxygen atoms in total. The predicted molar refractivity (Wildman–Crippen MR) is 79.8 cm³/mol. The van der Waals surface area contributed by atoms with Gasteiger partial charge in [0.05, 0.1) is 0 Å². The van der Waals surface area contributed by atoms with Gasteiger partial charge in [-0.2, -0.15) is 11.8 Å².